The van der Waals surface area contributed by atoms with Crippen LogP contribution in [0.1, 0.15) is 0 Å². The maximum Gasteiger partial charge on any atom is 0.355 e. The zero-order valence-electron chi connectivity index (χ0n) is 12.1. The Labute approximate surface area is 144 Å². The fraction of sp³-hybridized carbons (Fsp3) is 0.0667. The van der Waals surface area contributed by atoms with E-state index in [0.717, 1.165) is 11.8 Å². The van der Waals surface area contributed by atoms with Crippen LogP contribution in [-0.2, 0) is 4.79 Å². The normalized spacial score (nSPS) is 10.8. The largest absolute Gasteiger partial charge is 0.355 e. The van der Waals surface area contributed by atoms with Crippen LogP contribution in [0.5, 0.6) is 0 Å². The van der Waals surface area contributed by atoms with Crippen molar-refractivity contribution >= 4 is 40.6 Å². The average molecular weight is 365 g/mol. The second kappa shape index (κ2) is 6.98. The molecule has 0 spiro atoms. The first kappa shape index (κ1) is 16.4. The lowest BCUT2D eigenvalue weighted by atomic mass is 10.3. The van der Waals surface area contributed by atoms with E-state index in [4.69, 9.17) is 11.6 Å². The summed E-state index contributed by atoms with van der Waals surface area (Å²) in [6.07, 6.45) is 1.43. The topological polar surface area (TPSA) is 76.4 Å². The van der Waals surface area contributed by atoms with Gasteiger partial charge in [-0.05, 0) is 36.4 Å². The van der Waals surface area contributed by atoms with E-state index in [1.807, 2.05) is 0 Å². The summed E-state index contributed by atoms with van der Waals surface area (Å²) >= 11 is 6.85. The summed E-state index contributed by atoms with van der Waals surface area (Å²) in [4.78, 5) is 31.8. The first-order chi connectivity index (χ1) is 11.5. The van der Waals surface area contributed by atoms with Gasteiger partial charge in [0.1, 0.15) is 11.5 Å². The molecule has 122 valence electrons. The maximum absolute atomic E-state index is 12.8. The smallest absolute Gasteiger partial charge is 0.325 e. The molecular formula is C15H10ClFN4O2S. The van der Waals surface area contributed by atoms with Crippen molar-refractivity contribution in [3.05, 3.63) is 63.9 Å². The molecule has 3 rings (SSSR count). The Morgan fingerprint density at radius 1 is 1.21 bits per heavy atom. The van der Waals surface area contributed by atoms with Crippen molar-refractivity contribution in [2.24, 2.45) is 0 Å². The van der Waals surface area contributed by atoms with Gasteiger partial charge >= 0.3 is 5.69 Å². The Balaban J connectivity index is 1.69. The summed E-state index contributed by atoms with van der Waals surface area (Å²) in [6, 6.07) is 8.62. The van der Waals surface area contributed by atoms with Crippen LogP contribution in [0.15, 0.2) is 52.5 Å². The van der Waals surface area contributed by atoms with Crippen LogP contribution < -0.4 is 11.0 Å². The first-order valence-electron chi connectivity index (χ1n) is 6.75. The summed E-state index contributed by atoms with van der Waals surface area (Å²) < 4.78 is 14.0. The van der Waals surface area contributed by atoms with Gasteiger partial charge in [0.2, 0.25) is 5.91 Å². The van der Waals surface area contributed by atoms with Crippen molar-refractivity contribution < 1.29 is 9.18 Å². The number of rotatable bonds is 4. The fourth-order valence-corrected chi connectivity index (χ4v) is 2.69. The lowest BCUT2D eigenvalue weighted by Gasteiger charge is -2.05. The van der Waals surface area contributed by atoms with E-state index in [9.17, 15) is 14.0 Å². The average Bonchev–Trinajstić information content (AvgIpc) is 2.56. The molecule has 0 fully saturated rings. The molecule has 0 aliphatic carbocycles. The SMILES string of the molecule is O=C(CSc1nc(=O)n2cc(Cl)ccc2n1)Nc1ccc(F)cc1. The van der Waals surface area contributed by atoms with Crippen LogP contribution in [-0.4, -0.2) is 26.0 Å². The van der Waals surface area contributed by atoms with E-state index in [2.05, 4.69) is 15.3 Å². The maximum atomic E-state index is 12.8. The van der Waals surface area contributed by atoms with Crippen molar-refractivity contribution in [1.82, 2.24) is 14.4 Å². The molecule has 0 atom stereocenters. The van der Waals surface area contributed by atoms with Crippen LogP contribution >= 0.6 is 23.4 Å². The lowest BCUT2D eigenvalue weighted by molar-refractivity contribution is -0.113. The van der Waals surface area contributed by atoms with Crippen LogP contribution in [0.3, 0.4) is 0 Å². The van der Waals surface area contributed by atoms with Gasteiger partial charge in [-0.1, -0.05) is 23.4 Å². The summed E-state index contributed by atoms with van der Waals surface area (Å²) in [5, 5.41) is 3.20. The number of fused-ring (bicyclic) bond motifs is 1. The molecule has 3 aromatic rings. The molecule has 0 unspecified atom stereocenters. The molecule has 2 heterocycles. The highest BCUT2D eigenvalue weighted by atomic mass is 35.5. The number of amides is 1. The van der Waals surface area contributed by atoms with Crippen LogP contribution in [0, 0.1) is 5.82 Å². The van der Waals surface area contributed by atoms with E-state index in [-0.39, 0.29) is 22.6 Å². The number of nitrogens with zero attached hydrogens (tertiary/aromatic N) is 3. The van der Waals surface area contributed by atoms with Crippen LogP contribution in [0.25, 0.3) is 5.65 Å². The number of benzene rings is 1. The Kier molecular flexibility index (Phi) is 4.77. The molecule has 0 saturated carbocycles. The highest BCUT2D eigenvalue weighted by molar-refractivity contribution is 7.99. The summed E-state index contributed by atoms with van der Waals surface area (Å²) in [5.74, 6) is -0.681. The Morgan fingerprint density at radius 2 is 1.96 bits per heavy atom. The Morgan fingerprint density at radius 3 is 2.71 bits per heavy atom. The van der Waals surface area contributed by atoms with Gasteiger partial charge in [-0.25, -0.2) is 18.6 Å². The standard InChI is InChI=1S/C15H10ClFN4O2S/c16-9-1-6-12-19-14(20-15(23)21(12)7-9)24-8-13(22)18-11-4-2-10(17)3-5-11/h1-7H,8H2,(H,18,22). The number of nitrogens with one attached hydrogen (secondary N) is 1. The van der Waals surface area contributed by atoms with E-state index in [0.29, 0.717) is 16.4 Å². The Bertz CT molecular complexity index is 962. The van der Waals surface area contributed by atoms with Gasteiger partial charge in [0.05, 0.1) is 10.8 Å². The van der Waals surface area contributed by atoms with Crippen LogP contribution in [0.4, 0.5) is 10.1 Å². The quantitative estimate of drug-likeness (QED) is 0.720. The van der Waals surface area contributed by atoms with Crippen molar-refractivity contribution in [3.63, 3.8) is 0 Å². The second-order valence-corrected chi connectivity index (χ2v) is 6.09. The lowest BCUT2D eigenvalue weighted by Crippen LogP contribution is -2.20. The predicted octanol–water partition coefficient (Wildman–Crippen LogP) is 2.61. The highest BCUT2D eigenvalue weighted by Crippen LogP contribution is 2.15. The van der Waals surface area contributed by atoms with E-state index in [1.54, 1.807) is 12.1 Å². The molecule has 24 heavy (non-hydrogen) atoms. The minimum absolute atomic E-state index is 0.0145. The number of thioether (sulfide) groups is 1. The number of halogens is 2. The van der Waals surface area contributed by atoms with Gasteiger partial charge in [0, 0.05) is 11.9 Å². The molecule has 1 N–H and O–H groups in total. The molecule has 2 aromatic heterocycles. The number of pyridine rings is 1. The summed E-state index contributed by atoms with van der Waals surface area (Å²) in [6.45, 7) is 0. The number of carbonyl (C=O) groups is 1. The highest BCUT2D eigenvalue weighted by Gasteiger charge is 2.09. The fourth-order valence-electron chi connectivity index (χ4n) is 1.89. The van der Waals surface area contributed by atoms with E-state index >= 15 is 0 Å². The van der Waals surface area contributed by atoms with Gasteiger partial charge in [-0.15, -0.1) is 0 Å². The summed E-state index contributed by atoms with van der Waals surface area (Å²) in [5.41, 5.74) is 0.348. The molecule has 0 saturated heterocycles. The molecule has 1 aromatic carbocycles. The zero-order chi connectivity index (χ0) is 17.1. The number of carbonyl (C=O) groups excluding carboxylic acids is 1. The monoisotopic (exact) mass is 364 g/mol. The third-order valence-electron chi connectivity index (χ3n) is 2.96. The van der Waals surface area contributed by atoms with Crippen molar-refractivity contribution in [3.8, 4) is 0 Å². The molecule has 0 bridgehead atoms. The van der Waals surface area contributed by atoms with Crippen molar-refractivity contribution in [2.75, 3.05) is 11.1 Å². The van der Waals surface area contributed by atoms with Crippen molar-refractivity contribution in [1.29, 1.82) is 0 Å². The van der Waals surface area contributed by atoms with Gasteiger partial charge in [-0.3, -0.25) is 4.79 Å². The second-order valence-electron chi connectivity index (χ2n) is 4.71. The van der Waals surface area contributed by atoms with Gasteiger partial charge in [0.25, 0.3) is 0 Å². The molecule has 1 amide bonds. The van der Waals surface area contributed by atoms with E-state index in [1.165, 1.54) is 34.9 Å². The molecule has 6 nitrogen and oxygen atoms in total. The minimum Gasteiger partial charge on any atom is -0.325 e. The van der Waals surface area contributed by atoms with Crippen LogP contribution in [0.2, 0.25) is 5.02 Å². The number of hydrogen-bond acceptors (Lipinski definition) is 5. The number of anilines is 1. The molecular weight excluding hydrogens is 355 g/mol. The van der Waals surface area contributed by atoms with Gasteiger partial charge in [0.15, 0.2) is 5.16 Å². The third kappa shape index (κ3) is 3.90. The zero-order valence-corrected chi connectivity index (χ0v) is 13.6. The number of aromatic nitrogens is 3. The predicted molar refractivity (Wildman–Crippen MR) is 90.0 cm³/mol. The van der Waals surface area contributed by atoms with Crippen molar-refractivity contribution in [2.45, 2.75) is 5.16 Å². The first-order valence-corrected chi connectivity index (χ1v) is 8.12. The number of hydrogen-bond donors (Lipinski definition) is 1. The van der Waals surface area contributed by atoms with E-state index < -0.39 is 5.69 Å². The van der Waals surface area contributed by atoms with Gasteiger partial charge < -0.3 is 5.32 Å². The molecule has 0 aliphatic rings. The molecule has 0 radical (unpaired) electrons. The van der Waals surface area contributed by atoms with Gasteiger partial charge in [-0.2, -0.15) is 4.98 Å². The third-order valence-corrected chi connectivity index (χ3v) is 4.03. The molecule has 0 aliphatic heterocycles. The Hall–Kier alpha value is -2.45. The minimum atomic E-state index is -0.524. The molecule has 9 heteroatoms. The summed E-state index contributed by atoms with van der Waals surface area (Å²) in [7, 11) is 0.